The maximum Gasteiger partial charge on any atom is 0.339 e. The molecule has 4 aromatic rings. The Morgan fingerprint density at radius 1 is 1.00 bits per heavy atom. The van der Waals surface area contributed by atoms with Gasteiger partial charge in [0.1, 0.15) is 5.56 Å². The van der Waals surface area contributed by atoms with E-state index in [4.69, 9.17) is 0 Å². The molecule has 0 aliphatic carbocycles. The average molecular weight is 488 g/mol. The second kappa shape index (κ2) is 9.35. The van der Waals surface area contributed by atoms with E-state index in [1.165, 1.54) is 11.3 Å². The highest BCUT2D eigenvalue weighted by Crippen LogP contribution is 2.37. The minimum Gasteiger partial charge on any atom is -0.478 e. The number of carboxylic acids is 1. The predicted octanol–water partition coefficient (Wildman–Crippen LogP) is 7.37. The van der Waals surface area contributed by atoms with Gasteiger partial charge in [-0.15, -0.1) is 22.7 Å². The molecular weight excluding hydrogens is 470 g/mol. The van der Waals surface area contributed by atoms with Crippen LogP contribution in [0.1, 0.15) is 34.6 Å². The Morgan fingerprint density at radius 3 is 2.41 bits per heavy atom. The normalized spacial score (nSPS) is 10.3. The Kier molecular flexibility index (Phi) is 6.84. The summed E-state index contributed by atoms with van der Waals surface area (Å²) in [5, 5.41) is 17.1. The van der Waals surface area contributed by atoms with E-state index in [9.17, 15) is 14.7 Å². The van der Waals surface area contributed by atoms with Gasteiger partial charge in [-0.25, -0.2) is 4.79 Å². The van der Waals surface area contributed by atoms with Crippen molar-refractivity contribution >= 4 is 66.3 Å². The highest BCUT2D eigenvalue weighted by molar-refractivity contribution is 9.10. The summed E-state index contributed by atoms with van der Waals surface area (Å²) in [4.78, 5) is 25.1. The molecule has 4 nitrogen and oxygen atoms in total. The van der Waals surface area contributed by atoms with E-state index in [1.54, 1.807) is 22.8 Å². The number of halogens is 1. The van der Waals surface area contributed by atoms with Crippen LogP contribution in [0, 0.1) is 0 Å². The first-order chi connectivity index (χ1) is 14.0. The van der Waals surface area contributed by atoms with Gasteiger partial charge >= 0.3 is 5.97 Å². The van der Waals surface area contributed by atoms with Crippen molar-refractivity contribution in [3.05, 3.63) is 74.9 Å². The fourth-order valence-electron chi connectivity index (χ4n) is 2.78. The Bertz CT molecular complexity index is 1160. The number of benzene rings is 2. The summed E-state index contributed by atoms with van der Waals surface area (Å²) < 4.78 is 2.02. The van der Waals surface area contributed by atoms with Gasteiger partial charge < -0.3 is 10.4 Å². The van der Waals surface area contributed by atoms with E-state index in [0.717, 1.165) is 20.1 Å². The van der Waals surface area contributed by atoms with Crippen LogP contribution in [0.3, 0.4) is 0 Å². The number of nitrogens with one attached hydrogen (secondary N) is 1. The van der Waals surface area contributed by atoms with Gasteiger partial charge in [0, 0.05) is 20.1 Å². The molecule has 0 fully saturated rings. The van der Waals surface area contributed by atoms with Crippen LogP contribution in [0.25, 0.3) is 20.5 Å². The van der Waals surface area contributed by atoms with Crippen molar-refractivity contribution in [3.8, 4) is 10.4 Å². The highest BCUT2D eigenvalue weighted by atomic mass is 79.9. The molecule has 0 aliphatic rings. The van der Waals surface area contributed by atoms with Crippen molar-refractivity contribution in [2.24, 2.45) is 0 Å². The van der Waals surface area contributed by atoms with Crippen molar-refractivity contribution in [3.63, 3.8) is 0 Å². The van der Waals surface area contributed by atoms with E-state index < -0.39 is 5.97 Å². The molecule has 2 N–H and O–H groups in total. The van der Waals surface area contributed by atoms with Crippen molar-refractivity contribution in [1.82, 2.24) is 0 Å². The quantitative estimate of drug-likeness (QED) is 0.315. The molecule has 0 spiro atoms. The van der Waals surface area contributed by atoms with E-state index in [1.807, 2.05) is 61.7 Å². The minimum absolute atomic E-state index is 0.104. The summed E-state index contributed by atoms with van der Waals surface area (Å²) in [6.07, 6.45) is 0. The molecule has 0 bridgehead atoms. The van der Waals surface area contributed by atoms with Crippen LogP contribution in [0.2, 0.25) is 0 Å². The summed E-state index contributed by atoms with van der Waals surface area (Å²) in [6, 6.07) is 14.8. The molecule has 29 heavy (non-hydrogen) atoms. The van der Waals surface area contributed by atoms with Gasteiger partial charge in [0.2, 0.25) is 0 Å². The van der Waals surface area contributed by atoms with Crippen LogP contribution in [-0.4, -0.2) is 17.0 Å². The van der Waals surface area contributed by atoms with Crippen LogP contribution in [0.15, 0.2) is 63.8 Å². The third-order valence-corrected chi connectivity index (χ3v) is 6.53. The number of rotatable bonds is 4. The second-order valence-corrected chi connectivity index (χ2v) is 8.54. The van der Waals surface area contributed by atoms with Crippen molar-refractivity contribution in [2.75, 3.05) is 5.32 Å². The third kappa shape index (κ3) is 4.58. The van der Waals surface area contributed by atoms with Gasteiger partial charge in [-0.1, -0.05) is 41.9 Å². The third-order valence-electron chi connectivity index (χ3n) is 4.07. The average Bonchev–Trinajstić information content (AvgIpc) is 3.36. The van der Waals surface area contributed by atoms with Crippen LogP contribution in [-0.2, 0) is 0 Å². The topological polar surface area (TPSA) is 66.4 Å². The lowest BCUT2D eigenvalue weighted by molar-refractivity contribution is 0.0699. The molecule has 2 aromatic heterocycles. The molecule has 0 atom stereocenters. The molecule has 0 aliphatic heterocycles. The Labute approximate surface area is 185 Å². The lowest BCUT2D eigenvalue weighted by Gasteiger charge is -2.07. The molecule has 0 saturated heterocycles. The first-order valence-electron chi connectivity index (χ1n) is 8.92. The number of carbonyl (C=O) groups excluding carboxylic acids is 1. The summed E-state index contributed by atoms with van der Waals surface area (Å²) >= 11 is 6.28. The molecule has 1 amide bonds. The number of aromatic carboxylic acids is 1. The molecule has 7 heteroatoms. The highest BCUT2D eigenvalue weighted by Gasteiger charge is 2.21. The van der Waals surface area contributed by atoms with Crippen LogP contribution < -0.4 is 5.32 Å². The summed E-state index contributed by atoms with van der Waals surface area (Å²) in [5.41, 5.74) is 1.70. The summed E-state index contributed by atoms with van der Waals surface area (Å²) in [6.45, 7) is 4.00. The smallest absolute Gasteiger partial charge is 0.339 e. The SMILES string of the molecule is CC.O=C(Nc1csc(-c2ccc(Br)cc2)c1C(=O)O)c1ccc2sccc2c1. The molecule has 0 radical (unpaired) electrons. The Hall–Kier alpha value is -2.48. The fourth-order valence-corrected chi connectivity index (χ4v) is 4.81. The monoisotopic (exact) mass is 487 g/mol. The van der Waals surface area contributed by atoms with Crippen LogP contribution in [0.5, 0.6) is 0 Å². The van der Waals surface area contributed by atoms with Gasteiger partial charge in [-0.05, 0) is 52.7 Å². The zero-order chi connectivity index (χ0) is 21.0. The fraction of sp³-hybridized carbons (Fsp3) is 0.0909. The van der Waals surface area contributed by atoms with E-state index in [0.29, 0.717) is 16.1 Å². The number of carboxylic acid groups (broad SMARTS) is 1. The van der Waals surface area contributed by atoms with E-state index in [2.05, 4.69) is 21.2 Å². The van der Waals surface area contributed by atoms with E-state index in [-0.39, 0.29) is 11.5 Å². The molecule has 4 rings (SSSR count). The maximum atomic E-state index is 12.6. The predicted molar refractivity (Wildman–Crippen MR) is 126 cm³/mol. The Balaban J connectivity index is 0.00000117. The number of hydrogen-bond acceptors (Lipinski definition) is 4. The molecular formula is C22H18BrNO3S2. The standard InChI is InChI=1S/C20H12BrNO3S2.C2H6/c21-14-4-1-11(2-5-14)18-17(20(24)25)15(10-27-18)22-19(23)13-3-6-16-12(9-13)7-8-26-16;1-2/h1-10H,(H,22,23)(H,24,25);1-2H3. The van der Waals surface area contributed by atoms with E-state index >= 15 is 0 Å². The van der Waals surface area contributed by atoms with Gasteiger partial charge in [0.05, 0.1) is 10.6 Å². The van der Waals surface area contributed by atoms with Crippen LogP contribution in [0.4, 0.5) is 5.69 Å². The van der Waals surface area contributed by atoms with Crippen molar-refractivity contribution < 1.29 is 14.7 Å². The number of carbonyl (C=O) groups is 2. The molecule has 2 heterocycles. The first kappa shape index (κ1) is 21.2. The van der Waals surface area contributed by atoms with Gasteiger partial charge in [0.25, 0.3) is 5.91 Å². The molecule has 0 saturated carbocycles. The number of thiophene rings is 2. The lowest BCUT2D eigenvalue weighted by atomic mass is 10.1. The zero-order valence-electron chi connectivity index (χ0n) is 15.7. The number of fused-ring (bicyclic) bond motifs is 1. The summed E-state index contributed by atoms with van der Waals surface area (Å²) in [7, 11) is 0. The number of anilines is 1. The first-order valence-corrected chi connectivity index (χ1v) is 11.5. The minimum atomic E-state index is -1.07. The van der Waals surface area contributed by atoms with Gasteiger partial charge in [0.15, 0.2) is 0 Å². The number of amides is 1. The molecule has 2 aromatic carbocycles. The van der Waals surface area contributed by atoms with Gasteiger partial charge in [-0.2, -0.15) is 0 Å². The number of hydrogen-bond donors (Lipinski definition) is 2. The van der Waals surface area contributed by atoms with Crippen molar-refractivity contribution in [2.45, 2.75) is 13.8 Å². The van der Waals surface area contributed by atoms with Crippen LogP contribution >= 0.6 is 38.6 Å². The molecule has 148 valence electrons. The second-order valence-electron chi connectivity index (χ2n) is 5.79. The largest absolute Gasteiger partial charge is 0.478 e. The van der Waals surface area contributed by atoms with Gasteiger partial charge in [-0.3, -0.25) is 4.79 Å². The lowest BCUT2D eigenvalue weighted by Crippen LogP contribution is -2.13. The zero-order valence-corrected chi connectivity index (χ0v) is 19.0. The van der Waals surface area contributed by atoms with Crippen molar-refractivity contribution in [1.29, 1.82) is 0 Å². The molecule has 0 unspecified atom stereocenters. The summed E-state index contributed by atoms with van der Waals surface area (Å²) in [5.74, 6) is -1.40. The maximum absolute atomic E-state index is 12.6. The Morgan fingerprint density at radius 2 is 1.72 bits per heavy atom.